The molecular formula is C8H12ClN3. The van der Waals surface area contributed by atoms with E-state index in [4.69, 9.17) is 11.6 Å². The van der Waals surface area contributed by atoms with E-state index >= 15 is 0 Å². The molecule has 0 aliphatic carbocycles. The number of hydrogen-bond donors (Lipinski definition) is 1. The predicted octanol–water partition coefficient (Wildman–Crippen LogP) is 1.30. The Kier molecular flexibility index (Phi) is 3.47. The fourth-order valence-electron chi connectivity index (χ4n) is 0.760. The lowest BCUT2D eigenvalue weighted by molar-refractivity contribution is 0.286. The number of hydrazine groups is 1. The average molecular weight is 186 g/mol. The summed E-state index contributed by atoms with van der Waals surface area (Å²) in [5.74, 6) is 0. The third-order valence-corrected chi connectivity index (χ3v) is 1.61. The first-order valence-electron chi connectivity index (χ1n) is 3.70. The van der Waals surface area contributed by atoms with Gasteiger partial charge in [-0.25, -0.2) is 4.98 Å². The van der Waals surface area contributed by atoms with Crippen LogP contribution < -0.4 is 5.43 Å². The van der Waals surface area contributed by atoms with Crippen molar-refractivity contribution in [3.05, 3.63) is 29.0 Å². The van der Waals surface area contributed by atoms with E-state index in [1.54, 1.807) is 12.3 Å². The van der Waals surface area contributed by atoms with Crippen LogP contribution in [-0.2, 0) is 6.54 Å². The Morgan fingerprint density at radius 2 is 2.25 bits per heavy atom. The Morgan fingerprint density at radius 1 is 1.50 bits per heavy atom. The molecule has 0 aliphatic heterocycles. The van der Waals surface area contributed by atoms with E-state index < -0.39 is 0 Å². The Hall–Kier alpha value is -0.640. The lowest BCUT2D eigenvalue weighted by Crippen LogP contribution is -2.29. The molecule has 0 amide bonds. The second kappa shape index (κ2) is 4.40. The highest BCUT2D eigenvalue weighted by atomic mass is 35.5. The molecule has 1 aromatic rings. The minimum Gasteiger partial charge on any atom is -0.251 e. The molecule has 0 radical (unpaired) electrons. The molecule has 66 valence electrons. The highest BCUT2D eigenvalue weighted by Gasteiger charge is 1.93. The largest absolute Gasteiger partial charge is 0.251 e. The number of nitrogens with one attached hydrogen (secondary N) is 1. The normalized spacial score (nSPS) is 10.7. The molecule has 4 heteroatoms. The molecule has 1 N–H and O–H groups in total. The van der Waals surface area contributed by atoms with Gasteiger partial charge in [0.1, 0.15) is 5.15 Å². The molecule has 0 fully saturated rings. The molecule has 12 heavy (non-hydrogen) atoms. The standard InChI is InChI=1S/C8H12ClN3/c1-12(2)11-6-7-3-4-8(9)10-5-7/h3-5,11H,6H2,1-2H3. The minimum absolute atomic E-state index is 0.531. The molecule has 0 aromatic carbocycles. The van der Waals surface area contributed by atoms with Gasteiger partial charge in [-0.1, -0.05) is 17.7 Å². The van der Waals surface area contributed by atoms with Crippen LogP contribution in [0, 0.1) is 0 Å². The molecule has 0 unspecified atom stereocenters. The van der Waals surface area contributed by atoms with Gasteiger partial charge < -0.3 is 0 Å². The van der Waals surface area contributed by atoms with Gasteiger partial charge >= 0.3 is 0 Å². The van der Waals surface area contributed by atoms with Gasteiger partial charge in [0.15, 0.2) is 0 Å². The van der Waals surface area contributed by atoms with Crippen LogP contribution in [0.2, 0.25) is 5.15 Å². The van der Waals surface area contributed by atoms with Gasteiger partial charge in [-0.3, -0.25) is 10.4 Å². The monoisotopic (exact) mass is 185 g/mol. The van der Waals surface area contributed by atoms with E-state index in [1.807, 2.05) is 25.2 Å². The molecule has 0 saturated heterocycles. The Morgan fingerprint density at radius 3 is 2.75 bits per heavy atom. The zero-order chi connectivity index (χ0) is 8.97. The van der Waals surface area contributed by atoms with Gasteiger partial charge in [-0.2, -0.15) is 0 Å². The number of nitrogens with zero attached hydrogens (tertiary/aromatic N) is 2. The molecule has 0 aliphatic rings. The van der Waals surface area contributed by atoms with Crippen LogP contribution >= 0.6 is 11.6 Å². The van der Waals surface area contributed by atoms with Crippen LogP contribution in [0.3, 0.4) is 0 Å². The summed E-state index contributed by atoms with van der Waals surface area (Å²) in [7, 11) is 3.90. The number of pyridine rings is 1. The molecule has 1 heterocycles. The van der Waals surface area contributed by atoms with Crippen LogP contribution in [0.1, 0.15) is 5.56 Å². The molecule has 0 spiro atoms. The molecule has 0 bridgehead atoms. The minimum atomic E-state index is 0.531. The first-order chi connectivity index (χ1) is 5.68. The first-order valence-corrected chi connectivity index (χ1v) is 4.07. The second-order valence-corrected chi connectivity index (χ2v) is 3.11. The van der Waals surface area contributed by atoms with Gasteiger partial charge in [-0.15, -0.1) is 0 Å². The van der Waals surface area contributed by atoms with E-state index in [9.17, 15) is 0 Å². The fourth-order valence-corrected chi connectivity index (χ4v) is 0.872. The lowest BCUT2D eigenvalue weighted by atomic mass is 10.3. The maximum atomic E-state index is 5.63. The number of aromatic nitrogens is 1. The third kappa shape index (κ3) is 3.17. The van der Waals surface area contributed by atoms with E-state index in [0.717, 1.165) is 12.1 Å². The second-order valence-electron chi connectivity index (χ2n) is 2.72. The van der Waals surface area contributed by atoms with Crippen molar-refractivity contribution < 1.29 is 0 Å². The summed E-state index contributed by atoms with van der Waals surface area (Å²) in [5.41, 5.74) is 4.25. The van der Waals surface area contributed by atoms with Crippen LogP contribution in [0.25, 0.3) is 0 Å². The zero-order valence-electron chi connectivity index (χ0n) is 7.21. The summed E-state index contributed by atoms with van der Waals surface area (Å²) in [5, 5.41) is 2.43. The van der Waals surface area contributed by atoms with E-state index in [-0.39, 0.29) is 0 Å². The lowest BCUT2D eigenvalue weighted by Gasteiger charge is -2.11. The molecule has 1 rings (SSSR count). The fraction of sp³-hybridized carbons (Fsp3) is 0.375. The van der Waals surface area contributed by atoms with Gasteiger partial charge in [-0.05, 0) is 11.6 Å². The zero-order valence-corrected chi connectivity index (χ0v) is 7.97. The van der Waals surface area contributed by atoms with Gasteiger partial charge in [0.25, 0.3) is 0 Å². The topological polar surface area (TPSA) is 28.2 Å². The van der Waals surface area contributed by atoms with Gasteiger partial charge in [0, 0.05) is 26.8 Å². The average Bonchev–Trinajstić information content (AvgIpc) is 2.03. The number of halogens is 1. The van der Waals surface area contributed by atoms with Gasteiger partial charge in [0.2, 0.25) is 0 Å². The van der Waals surface area contributed by atoms with Crippen molar-refractivity contribution in [3.63, 3.8) is 0 Å². The van der Waals surface area contributed by atoms with E-state index in [0.29, 0.717) is 5.15 Å². The third-order valence-electron chi connectivity index (χ3n) is 1.39. The van der Waals surface area contributed by atoms with E-state index in [2.05, 4.69) is 10.4 Å². The summed E-state index contributed by atoms with van der Waals surface area (Å²) in [4.78, 5) is 3.96. The van der Waals surface area contributed by atoms with Crippen molar-refractivity contribution in [1.82, 2.24) is 15.4 Å². The van der Waals surface area contributed by atoms with Crippen molar-refractivity contribution in [2.24, 2.45) is 0 Å². The Bertz CT molecular complexity index is 233. The Labute approximate surface area is 77.3 Å². The number of hydrogen-bond acceptors (Lipinski definition) is 3. The quantitative estimate of drug-likeness (QED) is 0.569. The molecule has 0 saturated carbocycles. The first kappa shape index (κ1) is 9.45. The highest BCUT2D eigenvalue weighted by molar-refractivity contribution is 6.29. The molecule has 0 atom stereocenters. The number of rotatable bonds is 3. The molecule has 1 aromatic heterocycles. The summed E-state index contributed by atoms with van der Waals surface area (Å²) in [6, 6.07) is 3.74. The van der Waals surface area contributed by atoms with Crippen LogP contribution in [0.4, 0.5) is 0 Å². The van der Waals surface area contributed by atoms with Crippen molar-refractivity contribution in [1.29, 1.82) is 0 Å². The Balaban J connectivity index is 2.48. The smallest absolute Gasteiger partial charge is 0.129 e. The molecular weight excluding hydrogens is 174 g/mol. The summed E-state index contributed by atoms with van der Waals surface area (Å²) >= 11 is 5.63. The molecule has 3 nitrogen and oxygen atoms in total. The van der Waals surface area contributed by atoms with Crippen LogP contribution in [-0.4, -0.2) is 24.1 Å². The van der Waals surface area contributed by atoms with Crippen molar-refractivity contribution in [3.8, 4) is 0 Å². The highest BCUT2D eigenvalue weighted by Crippen LogP contribution is 2.04. The van der Waals surface area contributed by atoms with E-state index in [1.165, 1.54) is 0 Å². The summed E-state index contributed by atoms with van der Waals surface area (Å²) < 4.78 is 0. The summed E-state index contributed by atoms with van der Waals surface area (Å²) in [6.07, 6.45) is 1.76. The van der Waals surface area contributed by atoms with Crippen molar-refractivity contribution >= 4 is 11.6 Å². The summed E-state index contributed by atoms with van der Waals surface area (Å²) in [6.45, 7) is 0.775. The van der Waals surface area contributed by atoms with Crippen LogP contribution in [0.15, 0.2) is 18.3 Å². The van der Waals surface area contributed by atoms with Gasteiger partial charge in [0.05, 0.1) is 0 Å². The SMILES string of the molecule is CN(C)NCc1ccc(Cl)nc1. The van der Waals surface area contributed by atoms with Crippen LogP contribution in [0.5, 0.6) is 0 Å². The maximum Gasteiger partial charge on any atom is 0.129 e. The predicted molar refractivity (Wildman–Crippen MR) is 49.8 cm³/mol. The van der Waals surface area contributed by atoms with Crippen molar-refractivity contribution in [2.45, 2.75) is 6.54 Å². The van der Waals surface area contributed by atoms with Crippen molar-refractivity contribution in [2.75, 3.05) is 14.1 Å². The maximum absolute atomic E-state index is 5.63.